The van der Waals surface area contributed by atoms with E-state index in [2.05, 4.69) is 0 Å². The molecule has 0 bridgehead atoms. The molecule has 54 heavy (non-hydrogen) atoms. The topological polar surface area (TPSA) is 298 Å². The smallest absolute Gasteiger partial charge is 0.338 e. The molecule has 5 aliphatic rings. The van der Waals surface area contributed by atoms with E-state index in [4.69, 9.17) is 33.2 Å². The zero-order chi connectivity index (χ0) is 39.1. The second-order valence-electron chi connectivity index (χ2n) is 13.3. The van der Waals surface area contributed by atoms with E-state index in [0.29, 0.717) is 5.56 Å². The zero-order valence-electron chi connectivity index (χ0n) is 28.4. The number of fused-ring (bicyclic) bond motifs is 2. The van der Waals surface area contributed by atoms with Crippen molar-refractivity contribution in [2.75, 3.05) is 13.2 Å². The Bertz CT molecular complexity index is 1690. The molecule has 1 aliphatic carbocycles. The lowest BCUT2D eigenvalue weighted by Crippen LogP contribution is -2.62. The number of hydrogen-bond acceptors (Lipinski definition) is 18. The van der Waals surface area contributed by atoms with Gasteiger partial charge in [-0.2, -0.15) is 0 Å². The van der Waals surface area contributed by atoms with Crippen molar-refractivity contribution in [3.05, 3.63) is 71.5 Å². The van der Waals surface area contributed by atoms with E-state index in [0.717, 1.165) is 12.3 Å². The average molecular weight is 765 g/mol. The van der Waals surface area contributed by atoms with Crippen molar-refractivity contribution in [1.82, 2.24) is 0 Å². The second kappa shape index (κ2) is 15.8. The van der Waals surface area contributed by atoms with Gasteiger partial charge in [-0.25, -0.2) is 14.4 Å². The summed E-state index contributed by atoms with van der Waals surface area (Å²) in [6, 6.07) is 5.99. The number of ether oxygens (including phenoxy) is 7. The molecule has 4 heterocycles. The molecule has 6 rings (SSSR count). The van der Waals surface area contributed by atoms with Crippen molar-refractivity contribution in [3.63, 3.8) is 0 Å². The van der Waals surface area contributed by atoms with Gasteiger partial charge in [0.25, 0.3) is 0 Å². The third-order valence-electron chi connectivity index (χ3n) is 9.83. The van der Waals surface area contributed by atoms with Gasteiger partial charge in [0.15, 0.2) is 18.2 Å². The fourth-order valence-electron chi connectivity index (χ4n) is 6.86. The van der Waals surface area contributed by atoms with Crippen molar-refractivity contribution >= 4 is 24.0 Å². The van der Waals surface area contributed by atoms with Crippen LogP contribution in [0, 0.1) is 11.8 Å². The Morgan fingerprint density at radius 1 is 0.907 bits per heavy atom. The first-order valence-corrected chi connectivity index (χ1v) is 16.8. The highest BCUT2D eigenvalue weighted by atomic mass is 16.8. The van der Waals surface area contributed by atoms with Crippen LogP contribution >= 0.6 is 0 Å². The maximum absolute atomic E-state index is 13.3. The predicted molar refractivity (Wildman–Crippen MR) is 174 cm³/mol. The van der Waals surface area contributed by atoms with Gasteiger partial charge in [0.2, 0.25) is 6.29 Å². The van der Waals surface area contributed by atoms with Gasteiger partial charge < -0.3 is 79.1 Å². The van der Waals surface area contributed by atoms with Crippen molar-refractivity contribution in [2.45, 2.75) is 86.3 Å². The summed E-state index contributed by atoms with van der Waals surface area (Å²) in [6.45, 7) is 0.0411. The molecule has 1 aromatic rings. The summed E-state index contributed by atoms with van der Waals surface area (Å²) < 4.78 is 39.3. The molecule has 1 unspecified atom stereocenters. The number of hydrogen-bond donors (Lipinski definition) is 9. The van der Waals surface area contributed by atoms with Gasteiger partial charge in [-0.15, -0.1) is 0 Å². The minimum atomic E-state index is -1.92. The van der Waals surface area contributed by atoms with Crippen LogP contribution < -0.4 is 0 Å². The van der Waals surface area contributed by atoms with E-state index in [1.54, 1.807) is 12.1 Å². The van der Waals surface area contributed by atoms with Crippen LogP contribution in [0.1, 0.15) is 12.5 Å². The molecule has 9 N–H and O–H groups in total. The van der Waals surface area contributed by atoms with Gasteiger partial charge in [-0.05, 0) is 42.8 Å². The van der Waals surface area contributed by atoms with Gasteiger partial charge in [-0.3, -0.25) is 0 Å². The third kappa shape index (κ3) is 7.66. The van der Waals surface area contributed by atoms with Crippen molar-refractivity contribution in [1.29, 1.82) is 0 Å². The van der Waals surface area contributed by atoms with Crippen LogP contribution in [0.3, 0.4) is 0 Å². The van der Waals surface area contributed by atoms with Crippen LogP contribution in [0.5, 0.6) is 5.75 Å². The van der Waals surface area contributed by atoms with Crippen molar-refractivity contribution < 1.29 is 93.5 Å². The number of allylic oxidation sites excluding steroid dienone is 1. The number of aliphatic hydroxyl groups is 7. The highest BCUT2D eigenvalue weighted by molar-refractivity contribution is 5.95. The van der Waals surface area contributed by atoms with E-state index in [1.807, 2.05) is 0 Å². The summed E-state index contributed by atoms with van der Waals surface area (Å²) in [5.41, 5.74) is -1.46. The van der Waals surface area contributed by atoms with Crippen LogP contribution in [0.2, 0.25) is 0 Å². The zero-order valence-corrected chi connectivity index (χ0v) is 28.4. The second-order valence-corrected chi connectivity index (χ2v) is 13.3. The number of aliphatic hydroxyl groups excluding tert-OH is 7. The number of aromatic hydroxyl groups is 1. The maximum Gasteiger partial charge on any atom is 0.338 e. The van der Waals surface area contributed by atoms with Crippen LogP contribution in [0.15, 0.2) is 66.0 Å². The largest absolute Gasteiger partial charge is 0.508 e. The fraction of sp³-hybridized carbons (Fsp3) is 0.514. The van der Waals surface area contributed by atoms with Gasteiger partial charge in [0.1, 0.15) is 60.7 Å². The van der Waals surface area contributed by atoms with Crippen LogP contribution in [0.4, 0.5) is 0 Å². The standard InChI is InChI=1S/C35H40O19/c1-14(50-22(38)7-4-15-2-5-16(37)6-3-15)18-10-35(54-31(18)47)9-8-17-19(30(45)46)12-48-32(23(17)35)53-34-29(44)27(42)25(40)21(52-34)13-49-33-28(43)26(41)24(39)20(11-36)51-33/h2-10,12,14,17,20-21,23-29,32-34,36-37,39-44H,11,13H2,1H3,(H,45,46)/b7-4+/t14-,17-,20-,21-,23-,24-,25-,26+,27+,28-,29-,32+,33-,34+,35?/m1/s1. The Balaban J connectivity index is 1.18. The third-order valence-corrected chi connectivity index (χ3v) is 9.83. The quantitative estimate of drug-likeness (QED) is 0.0630. The Morgan fingerprint density at radius 2 is 1.56 bits per heavy atom. The molecule has 1 aromatic carbocycles. The van der Waals surface area contributed by atoms with Gasteiger partial charge in [-0.1, -0.05) is 18.2 Å². The molecule has 19 nitrogen and oxygen atoms in total. The molecule has 2 saturated heterocycles. The number of esters is 2. The molecule has 15 atom stereocenters. The number of rotatable bonds is 11. The lowest BCUT2D eigenvalue weighted by molar-refractivity contribution is -0.355. The number of benzene rings is 1. The lowest BCUT2D eigenvalue weighted by Gasteiger charge is -2.45. The SMILES string of the molecule is C[C@@H](OC(=O)/C=C/c1ccc(O)cc1)C1=CC2(C=C[C@@H]3C(C(=O)O)=CO[C@@H](O[C@@H]4O[C@H](CO[C@@H]5O[C@H](CO)[C@@H](O)[C@H](O)[C@H]5O)[C@@H](O)[C@H](O)[C@H]4O)[C@@H]32)OC1=O. The minimum Gasteiger partial charge on any atom is -0.508 e. The molecule has 1 spiro atoms. The average Bonchev–Trinajstić information content (AvgIpc) is 3.69. The van der Waals surface area contributed by atoms with Crippen molar-refractivity contribution in [3.8, 4) is 5.75 Å². The molecular weight excluding hydrogens is 724 g/mol. The van der Waals surface area contributed by atoms with E-state index in [-0.39, 0.29) is 16.9 Å². The molecule has 0 aromatic heterocycles. The predicted octanol–water partition coefficient (Wildman–Crippen LogP) is -2.67. The number of carboxylic acid groups (broad SMARTS) is 1. The van der Waals surface area contributed by atoms with E-state index >= 15 is 0 Å². The molecule has 0 saturated carbocycles. The Hall–Kier alpha value is -4.25. The molecule has 0 amide bonds. The summed E-state index contributed by atoms with van der Waals surface area (Å²) in [5, 5.41) is 91.5. The molecular formula is C35H40O19. The number of phenols is 1. The summed E-state index contributed by atoms with van der Waals surface area (Å²) in [5.74, 6) is -5.21. The van der Waals surface area contributed by atoms with Crippen LogP contribution in [-0.4, -0.2) is 156 Å². The number of carbonyl (C=O) groups is 3. The molecule has 4 aliphatic heterocycles. The van der Waals surface area contributed by atoms with Crippen molar-refractivity contribution in [2.24, 2.45) is 11.8 Å². The summed E-state index contributed by atoms with van der Waals surface area (Å²) in [4.78, 5) is 38.0. The Morgan fingerprint density at radius 3 is 2.22 bits per heavy atom. The number of carbonyl (C=O) groups excluding carboxylic acids is 2. The normalized spacial score (nSPS) is 39.4. The first-order valence-electron chi connectivity index (χ1n) is 16.8. The summed E-state index contributed by atoms with van der Waals surface area (Å²) >= 11 is 0. The van der Waals surface area contributed by atoms with Gasteiger partial charge in [0.05, 0.1) is 36.5 Å². The summed E-state index contributed by atoms with van der Waals surface area (Å²) in [6.07, 6.45) is -12.1. The van der Waals surface area contributed by atoms with E-state index in [1.165, 1.54) is 43.4 Å². The minimum absolute atomic E-state index is 0.0388. The Labute approximate surface area is 306 Å². The van der Waals surface area contributed by atoms with Crippen LogP contribution in [0.25, 0.3) is 6.08 Å². The first kappa shape index (κ1) is 39.4. The highest BCUT2D eigenvalue weighted by Crippen LogP contribution is 2.51. The monoisotopic (exact) mass is 764 g/mol. The molecule has 0 radical (unpaired) electrons. The highest BCUT2D eigenvalue weighted by Gasteiger charge is 2.60. The van der Waals surface area contributed by atoms with Gasteiger partial charge in [0, 0.05) is 12.0 Å². The number of carboxylic acids is 1. The first-order chi connectivity index (χ1) is 25.6. The van der Waals surface area contributed by atoms with E-state index in [9.17, 15) is 60.3 Å². The van der Waals surface area contributed by atoms with E-state index < -0.39 is 122 Å². The van der Waals surface area contributed by atoms with Gasteiger partial charge >= 0.3 is 17.9 Å². The maximum atomic E-state index is 13.3. The number of aliphatic carboxylic acids is 1. The fourth-order valence-corrected chi connectivity index (χ4v) is 6.86. The molecule has 294 valence electrons. The lowest BCUT2D eigenvalue weighted by atomic mass is 9.78. The Kier molecular flexibility index (Phi) is 11.6. The molecule has 2 fully saturated rings. The van der Waals surface area contributed by atoms with Crippen LogP contribution in [-0.2, 0) is 47.5 Å². The summed E-state index contributed by atoms with van der Waals surface area (Å²) in [7, 11) is 0. The molecule has 19 heteroatoms. The number of phenolic OH excluding ortho intramolecular Hbond substituents is 1.